The van der Waals surface area contributed by atoms with Crippen LogP contribution in [0.1, 0.15) is 22.4 Å². The lowest BCUT2D eigenvalue weighted by Crippen LogP contribution is -2.34. The molecule has 5 nitrogen and oxygen atoms in total. The number of fused-ring (bicyclic) bond motifs is 1. The van der Waals surface area contributed by atoms with Gasteiger partial charge >= 0.3 is 0 Å². The first-order chi connectivity index (χ1) is 12.0. The van der Waals surface area contributed by atoms with Gasteiger partial charge in [0.15, 0.2) is 0 Å². The monoisotopic (exact) mass is 335 g/mol. The van der Waals surface area contributed by atoms with E-state index in [0.29, 0.717) is 11.9 Å². The van der Waals surface area contributed by atoms with Crippen LogP contribution in [0.25, 0.3) is 10.8 Å². The molecule has 0 saturated carbocycles. The van der Waals surface area contributed by atoms with Gasteiger partial charge in [-0.25, -0.2) is 4.68 Å². The Morgan fingerprint density at radius 3 is 2.52 bits per heavy atom. The van der Waals surface area contributed by atoms with Crippen LogP contribution in [0.15, 0.2) is 47.3 Å². The average molecular weight is 335 g/mol. The van der Waals surface area contributed by atoms with E-state index in [1.54, 1.807) is 6.07 Å². The molecule has 0 aliphatic rings. The highest BCUT2D eigenvalue weighted by atomic mass is 16.2. The summed E-state index contributed by atoms with van der Waals surface area (Å²) in [5.74, 6) is -0.232. The largest absolute Gasteiger partial charge is 0.350 e. The third-order valence-electron chi connectivity index (χ3n) is 4.32. The first kappa shape index (κ1) is 16.9. The third-order valence-corrected chi connectivity index (χ3v) is 4.32. The number of aromatic nitrogens is 2. The lowest BCUT2D eigenvalue weighted by atomic mass is 10.1. The van der Waals surface area contributed by atoms with Crippen molar-refractivity contribution in [2.45, 2.75) is 33.9 Å². The Balaban J connectivity index is 1.76. The number of benzene rings is 2. The number of rotatable bonds is 4. The summed E-state index contributed by atoms with van der Waals surface area (Å²) in [5, 5.41) is 8.53. The molecule has 0 aliphatic carbocycles. The van der Waals surface area contributed by atoms with E-state index in [4.69, 9.17) is 0 Å². The minimum absolute atomic E-state index is 0.0879. The molecule has 3 aromatic rings. The second-order valence-corrected chi connectivity index (χ2v) is 6.30. The Labute approximate surface area is 146 Å². The van der Waals surface area contributed by atoms with Crippen molar-refractivity contribution in [2.24, 2.45) is 0 Å². The lowest BCUT2D eigenvalue weighted by molar-refractivity contribution is -0.122. The van der Waals surface area contributed by atoms with Crippen molar-refractivity contribution in [2.75, 3.05) is 0 Å². The predicted octanol–water partition coefficient (Wildman–Crippen LogP) is 2.64. The second-order valence-electron chi connectivity index (χ2n) is 6.30. The molecular weight excluding hydrogens is 314 g/mol. The number of carbonyl (C=O) groups excluding carboxylic acids is 1. The highest BCUT2D eigenvalue weighted by Crippen LogP contribution is 2.12. The summed E-state index contributed by atoms with van der Waals surface area (Å²) in [5.41, 5.74) is 3.88. The van der Waals surface area contributed by atoms with Gasteiger partial charge < -0.3 is 5.32 Å². The van der Waals surface area contributed by atoms with E-state index in [1.165, 1.54) is 10.2 Å². The summed E-state index contributed by atoms with van der Waals surface area (Å²) in [4.78, 5) is 24.8. The van der Waals surface area contributed by atoms with Gasteiger partial charge in [0.1, 0.15) is 6.54 Å². The fourth-order valence-corrected chi connectivity index (χ4v) is 2.94. The van der Waals surface area contributed by atoms with Crippen molar-refractivity contribution < 1.29 is 4.79 Å². The number of carbonyl (C=O) groups is 1. The lowest BCUT2D eigenvalue weighted by Gasteiger charge is -2.11. The van der Waals surface area contributed by atoms with E-state index in [-0.39, 0.29) is 18.0 Å². The van der Waals surface area contributed by atoms with Crippen molar-refractivity contribution in [3.05, 3.63) is 75.2 Å². The fraction of sp³-hybridized carbons (Fsp3) is 0.250. The molecule has 0 fully saturated rings. The average Bonchev–Trinajstić information content (AvgIpc) is 2.59. The minimum Gasteiger partial charge on any atom is -0.350 e. The molecule has 1 heterocycles. The Bertz CT molecular complexity index is 1010. The van der Waals surface area contributed by atoms with E-state index >= 15 is 0 Å². The molecule has 0 aliphatic heterocycles. The number of nitrogens with one attached hydrogen (secondary N) is 1. The van der Waals surface area contributed by atoms with Crippen molar-refractivity contribution in [1.82, 2.24) is 15.1 Å². The van der Waals surface area contributed by atoms with Crippen LogP contribution in [0, 0.1) is 20.8 Å². The van der Waals surface area contributed by atoms with Crippen molar-refractivity contribution >= 4 is 16.7 Å². The molecular formula is C20H21N3O2. The van der Waals surface area contributed by atoms with E-state index in [9.17, 15) is 9.59 Å². The summed E-state index contributed by atoms with van der Waals surface area (Å²) < 4.78 is 1.23. The zero-order chi connectivity index (χ0) is 18.0. The fourth-order valence-electron chi connectivity index (χ4n) is 2.94. The maximum Gasteiger partial charge on any atom is 0.275 e. The van der Waals surface area contributed by atoms with Crippen LogP contribution >= 0.6 is 0 Å². The molecule has 0 bridgehead atoms. The van der Waals surface area contributed by atoms with Gasteiger partial charge in [-0.1, -0.05) is 42.0 Å². The van der Waals surface area contributed by atoms with E-state index < -0.39 is 0 Å². The highest BCUT2D eigenvalue weighted by molar-refractivity contribution is 5.83. The van der Waals surface area contributed by atoms with Crippen LogP contribution in [0.3, 0.4) is 0 Å². The summed E-state index contributed by atoms with van der Waals surface area (Å²) in [7, 11) is 0. The summed E-state index contributed by atoms with van der Waals surface area (Å²) in [6.07, 6.45) is 0. The molecule has 0 unspecified atom stereocenters. The van der Waals surface area contributed by atoms with Crippen molar-refractivity contribution in [1.29, 1.82) is 0 Å². The molecule has 128 valence electrons. The van der Waals surface area contributed by atoms with Gasteiger partial charge in [0.2, 0.25) is 5.91 Å². The molecule has 5 heteroatoms. The molecule has 0 spiro atoms. The molecule has 1 amide bonds. The SMILES string of the molecule is Cc1ccc(CNC(=O)Cn2nc(C)c3ccccc3c2=O)c(C)c1. The van der Waals surface area contributed by atoms with Gasteiger partial charge in [0, 0.05) is 11.9 Å². The smallest absolute Gasteiger partial charge is 0.275 e. The Morgan fingerprint density at radius 1 is 1.08 bits per heavy atom. The van der Waals surface area contributed by atoms with Gasteiger partial charge in [0.05, 0.1) is 11.1 Å². The standard InChI is InChI=1S/C20H21N3O2/c1-13-8-9-16(14(2)10-13)11-21-19(24)12-23-20(25)18-7-5-4-6-17(18)15(3)22-23/h4-10H,11-12H2,1-3H3,(H,21,24). The number of aryl methyl sites for hydroxylation is 3. The Morgan fingerprint density at radius 2 is 1.80 bits per heavy atom. The van der Waals surface area contributed by atoms with E-state index in [2.05, 4.69) is 16.5 Å². The zero-order valence-electron chi connectivity index (χ0n) is 14.7. The molecule has 0 saturated heterocycles. The van der Waals surface area contributed by atoms with Crippen LogP contribution in [-0.4, -0.2) is 15.7 Å². The number of hydrogen-bond donors (Lipinski definition) is 1. The second kappa shape index (κ2) is 6.89. The molecule has 25 heavy (non-hydrogen) atoms. The normalized spacial score (nSPS) is 10.8. The van der Waals surface area contributed by atoms with Gasteiger partial charge in [-0.05, 0) is 38.0 Å². The predicted molar refractivity (Wildman–Crippen MR) is 98.5 cm³/mol. The summed E-state index contributed by atoms with van der Waals surface area (Å²) >= 11 is 0. The molecule has 1 aromatic heterocycles. The van der Waals surface area contributed by atoms with Crippen LogP contribution in [0.2, 0.25) is 0 Å². The van der Waals surface area contributed by atoms with Gasteiger partial charge in [-0.2, -0.15) is 5.10 Å². The molecule has 3 rings (SSSR count). The minimum atomic E-state index is -0.247. The first-order valence-electron chi connectivity index (χ1n) is 8.25. The molecule has 2 aromatic carbocycles. The van der Waals surface area contributed by atoms with E-state index in [1.807, 2.05) is 51.1 Å². The third kappa shape index (κ3) is 3.60. The van der Waals surface area contributed by atoms with Crippen molar-refractivity contribution in [3.63, 3.8) is 0 Å². The van der Waals surface area contributed by atoms with E-state index in [0.717, 1.165) is 22.2 Å². The maximum absolute atomic E-state index is 12.5. The maximum atomic E-state index is 12.5. The van der Waals surface area contributed by atoms with Crippen LogP contribution in [0.4, 0.5) is 0 Å². The molecule has 0 radical (unpaired) electrons. The van der Waals surface area contributed by atoms with Gasteiger partial charge in [-0.15, -0.1) is 0 Å². The Kier molecular flexibility index (Phi) is 4.65. The van der Waals surface area contributed by atoms with Crippen LogP contribution < -0.4 is 10.9 Å². The van der Waals surface area contributed by atoms with Crippen molar-refractivity contribution in [3.8, 4) is 0 Å². The number of nitrogens with zero attached hydrogens (tertiary/aromatic N) is 2. The topological polar surface area (TPSA) is 64.0 Å². The quantitative estimate of drug-likeness (QED) is 0.797. The number of hydrogen-bond acceptors (Lipinski definition) is 3. The van der Waals surface area contributed by atoms with Gasteiger partial charge in [-0.3, -0.25) is 9.59 Å². The highest BCUT2D eigenvalue weighted by Gasteiger charge is 2.11. The van der Waals surface area contributed by atoms with Gasteiger partial charge in [0.25, 0.3) is 5.56 Å². The summed E-state index contributed by atoms with van der Waals surface area (Å²) in [6, 6.07) is 13.4. The first-order valence-corrected chi connectivity index (χ1v) is 8.25. The molecule has 1 N–H and O–H groups in total. The summed E-state index contributed by atoms with van der Waals surface area (Å²) in [6.45, 7) is 6.25. The number of amides is 1. The Hall–Kier alpha value is -2.95. The zero-order valence-corrected chi connectivity index (χ0v) is 14.7. The molecule has 0 atom stereocenters. The van der Waals surface area contributed by atoms with Crippen LogP contribution in [-0.2, 0) is 17.9 Å². The van der Waals surface area contributed by atoms with Crippen LogP contribution in [0.5, 0.6) is 0 Å².